The van der Waals surface area contributed by atoms with Crippen molar-refractivity contribution < 1.29 is 46.3 Å². The van der Waals surface area contributed by atoms with Gasteiger partial charge in [0.25, 0.3) is 11.8 Å². The summed E-state index contributed by atoms with van der Waals surface area (Å²) in [5, 5.41) is 9.95. The SMILES string of the molecule is O=C(Nc1nnc(-c2ccco2)o1)c1cccnc1.[CH3-].[Y]. The third-order valence-corrected chi connectivity index (χ3v) is 2.30. The van der Waals surface area contributed by atoms with Crippen LogP contribution in [-0.2, 0) is 32.7 Å². The molecule has 0 aliphatic carbocycles. The Morgan fingerprint density at radius 2 is 2.05 bits per heavy atom. The van der Waals surface area contributed by atoms with Gasteiger partial charge in [0.15, 0.2) is 5.76 Å². The molecule has 0 spiro atoms. The van der Waals surface area contributed by atoms with Gasteiger partial charge in [-0.25, -0.2) is 0 Å². The molecule has 0 saturated carbocycles. The van der Waals surface area contributed by atoms with Crippen LogP contribution in [0.25, 0.3) is 11.7 Å². The molecule has 3 aromatic rings. The Morgan fingerprint density at radius 3 is 2.71 bits per heavy atom. The Kier molecular flexibility index (Phi) is 6.39. The summed E-state index contributed by atoms with van der Waals surface area (Å²) in [6.45, 7) is 0. The molecule has 0 aromatic carbocycles. The van der Waals surface area contributed by atoms with Gasteiger partial charge in [-0.15, -0.1) is 5.10 Å². The second-order valence-electron chi connectivity index (χ2n) is 3.59. The fourth-order valence-electron chi connectivity index (χ4n) is 1.44. The Bertz CT molecular complexity index is 683. The van der Waals surface area contributed by atoms with E-state index in [0.717, 1.165) is 0 Å². The molecule has 21 heavy (non-hydrogen) atoms. The van der Waals surface area contributed by atoms with Crippen LogP contribution in [0.4, 0.5) is 6.01 Å². The van der Waals surface area contributed by atoms with Gasteiger partial charge in [-0.1, -0.05) is 5.10 Å². The van der Waals surface area contributed by atoms with E-state index < -0.39 is 0 Å². The topological polar surface area (TPSA) is 94.1 Å². The molecule has 7 nitrogen and oxygen atoms in total. The normalized spacial score (nSPS) is 9.33. The number of rotatable bonds is 3. The summed E-state index contributed by atoms with van der Waals surface area (Å²) < 4.78 is 10.4. The summed E-state index contributed by atoms with van der Waals surface area (Å²) in [5.41, 5.74) is 0.403. The van der Waals surface area contributed by atoms with Crippen molar-refractivity contribution in [2.45, 2.75) is 0 Å². The largest absolute Gasteiger partial charge is 0.459 e. The molecule has 1 amide bonds. The van der Waals surface area contributed by atoms with Gasteiger partial charge < -0.3 is 16.3 Å². The molecule has 105 valence electrons. The van der Waals surface area contributed by atoms with E-state index in [1.807, 2.05) is 0 Å². The number of hydrogen-bond acceptors (Lipinski definition) is 6. The first-order valence-corrected chi connectivity index (χ1v) is 5.42. The maximum Gasteiger partial charge on any atom is 0.322 e. The maximum atomic E-state index is 11.8. The summed E-state index contributed by atoms with van der Waals surface area (Å²) in [5.74, 6) is 0.267. The van der Waals surface area contributed by atoms with Crippen LogP contribution >= 0.6 is 0 Å². The number of pyridine rings is 1. The van der Waals surface area contributed by atoms with Crippen LogP contribution in [0.3, 0.4) is 0 Å². The Balaban J connectivity index is 0.00000110. The van der Waals surface area contributed by atoms with E-state index >= 15 is 0 Å². The Morgan fingerprint density at radius 1 is 1.19 bits per heavy atom. The van der Waals surface area contributed by atoms with Gasteiger partial charge in [-0.05, 0) is 24.3 Å². The molecule has 8 heteroatoms. The van der Waals surface area contributed by atoms with Crippen LogP contribution in [0.15, 0.2) is 51.8 Å². The first-order valence-electron chi connectivity index (χ1n) is 5.42. The molecule has 0 unspecified atom stereocenters. The average molecular weight is 360 g/mol. The van der Waals surface area contributed by atoms with E-state index in [9.17, 15) is 4.79 Å². The van der Waals surface area contributed by atoms with E-state index in [2.05, 4.69) is 20.5 Å². The van der Waals surface area contributed by atoms with Crippen LogP contribution in [0.5, 0.6) is 0 Å². The van der Waals surface area contributed by atoms with Crippen molar-refractivity contribution in [1.29, 1.82) is 0 Å². The second kappa shape index (κ2) is 7.80. The van der Waals surface area contributed by atoms with E-state index in [1.54, 1.807) is 30.5 Å². The van der Waals surface area contributed by atoms with Crippen LogP contribution in [0.2, 0.25) is 0 Å². The van der Waals surface area contributed by atoms with Crippen molar-refractivity contribution in [2.24, 2.45) is 0 Å². The Hall–Kier alpha value is -1.86. The van der Waals surface area contributed by atoms with Crippen molar-refractivity contribution in [3.05, 3.63) is 55.9 Å². The number of aromatic nitrogens is 3. The minimum atomic E-state index is -0.372. The molecule has 3 heterocycles. The van der Waals surface area contributed by atoms with Gasteiger partial charge in [0.05, 0.1) is 11.8 Å². The minimum absolute atomic E-state index is 0. The summed E-state index contributed by atoms with van der Waals surface area (Å²) in [7, 11) is 0. The number of carbonyl (C=O) groups is 1. The molecule has 0 bridgehead atoms. The van der Waals surface area contributed by atoms with Gasteiger partial charge in [-0.2, -0.15) is 0 Å². The number of hydrogen-bond donors (Lipinski definition) is 1. The van der Waals surface area contributed by atoms with Crippen molar-refractivity contribution in [3.63, 3.8) is 0 Å². The third-order valence-electron chi connectivity index (χ3n) is 2.30. The van der Waals surface area contributed by atoms with Gasteiger partial charge in [0.2, 0.25) is 0 Å². The maximum absolute atomic E-state index is 11.8. The van der Waals surface area contributed by atoms with Crippen LogP contribution in [0, 0.1) is 7.43 Å². The standard InChI is InChI=1S/C12H8N4O3.CH3.Y/c17-10(8-3-1-5-13-7-8)14-12-16-15-11(19-12)9-4-2-6-18-9;;/h1-7H,(H,14,16,17);1H3;/q;-1;. The van der Waals surface area contributed by atoms with Crippen molar-refractivity contribution in [1.82, 2.24) is 15.2 Å². The average Bonchev–Trinajstić information content (AvgIpc) is 3.10. The van der Waals surface area contributed by atoms with E-state index in [0.29, 0.717) is 11.3 Å². The number of nitrogens with one attached hydrogen (secondary N) is 1. The monoisotopic (exact) mass is 360 g/mol. The number of nitrogens with zero attached hydrogens (tertiary/aromatic N) is 3. The predicted octanol–water partition coefficient (Wildman–Crippen LogP) is 2.42. The molecule has 0 aliphatic rings. The van der Waals surface area contributed by atoms with Crippen LogP contribution < -0.4 is 5.32 Å². The summed E-state index contributed by atoms with van der Waals surface area (Å²) in [6.07, 6.45) is 4.52. The summed E-state index contributed by atoms with van der Waals surface area (Å²) >= 11 is 0. The second-order valence-corrected chi connectivity index (χ2v) is 3.59. The smallest absolute Gasteiger partial charge is 0.322 e. The van der Waals surface area contributed by atoms with Gasteiger partial charge in [0, 0.05) is 45.1 Å². The molecule has 0 atom stereocenters. The molecular weight excluding hydrogens is 349 g/mol. The molecule has 1 N–H and O–H groups in total. The third kappa shape index (κ3) is 4.06. The zero-order chi connectivity index (χ0) is 13.1. The fourth-order valence-corrected chi connectivity index (χ4v) is 1.44. The molecule has 3 rings (SSSR count). The van der Waals surface area contributed by atoms with Crippen LogP contribution in [-0.4, -0.2) is 21.1 Å². The molecular formula is C13H11N4O3Y-. The number of amides is 1. The van der Waals surface area contributed by atoms with Crippen LogP contribution in [0.1, 0.15) is 10.4 Å². The number of carbonyl (C=O) groups excluding carboxylic acids is 1. The van der Waals surface area contributed by atoms with Crippen molar-refractivity contribution in [3.8, 4) is 11.7 Å². The molecule has 0 saturated heterocycles. The van der Waals surface area contributed by atoms with Crippen molar-refractivity contribution in [2.75, 3.05) is 5.32 Å². The van der Waals surface area contributed by atoms with E-state index in [1.165, 1.54) is 12.5 Å². The summed E-state index contributed by atoms with van der Waals surface area (Å²) in [6, 6.07) is 6.68. The fraction of sp³-hybridized carbons (Fsp3) is 0. The quantitative estimate of drug-likeness (QED) is 0.721. The minimum Gasteiger partial charge on any atom is -0.459 e. The van der Waals surface area contributed by atoms with Gasteiger partial charge >= 0.3 is 6.01 Å². The predicted molar refractivity (Wildman–Crippen MR) is 70.6 cm³/mol. The van der Waals surface area contributed by atoms with E-state index in [4.69, 9.17) is 8.83 Å². The van der Waals surface area contributed by atoms with Crippen molar-refractivity contribution >= 4 is 11.9 Å². The zero-order valence-electron chi connectivity index (χ0n) is 11.2. The molecule has 1 radical (unpaired) electrons. The first kappa shape index (κ1) is 17.2. The number of furan rings is 1. The van der Waals surface area contributed by atoms with E-state index in [-0.39, 0.29) is 57.9 Å². The zero-order valence-corrected chi connectivity index (χ0v) is 14.0. The number of anilines is 1. The van der Waals surface area contributed by atoms with Gasteiger partial charge in [0.1, 0.15) is 0 Å². The van der Waals surface area contributed by atoms with Gasteiger partial charge in [-0.3, -0.25) is 15.1 Å². The first-order chi connectivity index (χ1) is 9.33. The molecule has 3 aromatic heterocycles. The molecule has 0 fully saturated rings. The molecule has 0 aliphatic heterocycles. The Labute approximate surface area is 146 Å². The summed E-state index contributed by atoms with van der Waals surface area (Å²) in [4.78, 5) is 15.7.